The Bertz CT molecular complexity index is 393. The van der Waals surface area contributed by atoms with Crippen LogP contribution in [0.3, 0.4) is 0 Å². The average molecular weight is 306 g/mol. The van der Waals surface area contributed by atoms with Crippen molar-refractivity contribution in [3.8, 4) is 0 Å². The van der Waals surface area contributed by atoms with Gasteiger partial charge < -0.3 is 9.84 Å². The van der Waals surface area contributed by atoms with Crippen molar-refractivity contribution in [2.24, 2.45) is 0 Å². The Hall–Kier alpha value is -0.940. The molecule has 0 aromatic heterocycles. The van der Waals surface area contributed by atoms with Crippen molar-refractivity contribution in [3.63, 3.8) is 0 Å². The first-order chi connectivity index (χ1) is 10.8. The molecule has 1 N–H and O–H groups in total. The molecule has 1 fully saturated rings. The van der Waals surface area contributed by atoms with Gasteiger partial charge in [-0.2, -0.15) is 0 Å². The SMILES string of the molecule is CCCC(O)CN(CCN1CCOCC1)Cc1ccccc1. The summed E-state index contributed by atoms with van der Waals surface area (Å²) in [6.07, 6.45) is 1.69. The predicted octanol–water partition coefficient (Wildman–Crippen LogP) is 1.98. The molecule has 22 heavy (non-hydrogen) atoms. The molecule has 1 saturated heterocycles. The third-order valence-corrected chi connectivity index (χ3v) is 4.18. The smallest absolute Gasteiger partial charge is 0.0667 e. The summed E-state index contributed by atoms with van der Waals surface area (Å²) >= 11 is 0. The molecule has 0 saturated carbocycles. The molecule has 0 radical (unpaired) electrons. The highest BCUT2D eigenvalue weighted by atomic mass is 16.5. The van der Waals surface area contributed by atoms with Crippen LogP contribution in [0.25, 0.3) is 0 Å². The van der Waals surface area contributed by atoms with Gasteiger partial charge in [0.05, 0.1) is 19.3 Å². The fraction of sp³-hybridized carbons (Fsp3) is 0.667. The minimum Gasteiger partial charge on any atom is -0.392 e. The van der Waals surface area contributed by atoms with Crippen LogP contribution in [0.15, 0.2) is 30.3 Å². The molecule has 124 valence electrons. The van der Waals surface area contributed by atoms with Crippen LogP contribution >= 0.6 is 0 Å². The van der Waals surface area contributed by atoms with Gasteiger partial charge in [-0.05, 0) is 12.0 Å². The van der Waals surface area contributed by atoms with Gasteiger partial charge in [-0.25, -0.2) is 0 Å². The van der Waals surface area contributed by atoms with Gasteiger partial charge in [-0.15, -0.1) is 0 Å². The van der Waals surface area contributed by atoms with E-state index in [1.54, 1.807) is 0 Å². The summed E-state index contributed by atoms with van der Waals surface area (Å²) in [5.41, 5.74) is 1.31. The number of aliphatic hydroxyl groups is 1. The molecule has 4 heteroatoms. The first-order valence-electron chi connectivity index (χ1n) is 8.52. The normalized spacial score (nSPS) is 17.8. The number of hydrogen-bond acceptors (Lipinski definition) is 4. The second-order valence-electron chi connectivity index (χ2n) is 6.12. The number of ether oxygens (including phenoxy) is 1. The van der Waals surface area contributed by atoms with Crippen molar-refractivity contribution >= 4 is 0 Å². The fourth-order valence-electron chi connectivity index (χ4n) is 2.91. The Balaban J connectivity index is 1.85. The van der Waals surface area contributed by atoms with Crippen LogP contribution in [0.1, 0.15) is 25.3 Å². The van der Waals surface area contributed by atoms with E-state index in [0.29, 0.717) is 0 Å². The maximum absolute atomic E-state index is 10.2. The van der Waals surface area contributed by atoms with E-state index in [9.17, 15) is 5.11 Å². The van der Waals surface area contributed by atoms with Gasteiger partial charge in [0, 0.05) is 39.3 Å². The van der Waals surface area contributed by atoms with Crippen molar-refractivity contribution in [3.05, 3.63) is 35.9 Å². The molecule has 2 rings (SSSR count). The minimum atomic E-state index is -0.224. The molecule has 0 bridgehead atoms. The van der Waals surface area contributed by atoms with E-state index in [2.05, 4.69) is 41.0 Å². The van der Waals surface area contributed by atoms with E-state index in [1.807, 2.05) is 6.07 Å². The van der Waals surface area contributed by atoms with Crippen LogP contribution in [0.5, 0.6) is 0 Å². The van der Waals surface area contributed by atoms with Crippen molar-refractivity contribution in [1.29, 1.82) is 0 Å². The second kappa shape index (κ2) is 9.95. The van der Waals surface area contributed by atoms with E-state index in [4.69, 9.17) is 4.74 Å². The van der Waals surface area contributed by atoms with E-state index in [0.717, 1.165) is 65.3 Å². The van der Waals surface area contributed by atoms with E-state index in [-0.39, 0.29) is 6.10 Å². The largest absolute Gasteiger partial charge is 0.392 e. The number of aliphatic hydroxyl groups excluding tert-OH is 1. The minimum absolute atomic E-state index is 0.224. The van der Waals surface area contributed by atoms with Crippen LogP contribution in [0.4, 0.5) is 0 Å². The van der Waals surface area contributed by atoms with Crippen molar-refractivity contribution in [2.45, 2.75) is 32.4 Å². The molecule has 1 aliphatic rings. The van der Waals surface area contributed by atoms with Gasteiger partial charge in [0.15, 0.2) is 0 Å². The third-order valence-electron chi connectivity index (χ3n) is 4.18. The molecule has 1 aromatic rings. The zero-order valence-electron chi connectivity index (χ0n) is 13.8. The van der Waals surface area contributed by atoms with Crippen molar-refractivity contribution in [2.75, 3.05) is 45.9 Å². The molecule has 1 atom stereocenters. The quantitative estimate of drug-likeness (QED) is 0.757. The lowest BCUT2D eigenvalue weighted by Gasteiger charge is -2.31. The van der Waals surface area contributed by atoms with Crippen LogP contribution in [0, 0.1) is 0 Å². The topological polar surface area (TPSA) is 35.9 Å². The molecule has 0 aliphatic carbocycles. The molecule has 4 nitrogen and oxygen atoms in total. The van der Waals surface area contributed by atoms with E-state index < -0.39 is 0 Å². The Morgan fingerprint density at radius 3 is 2.64 bits per heavy atom. The summed E-state index contributed by atoms with van der Waals surface area (Å²) in [4.78, 5) is 4.83. The number of benzene rings is 1. The van der Waals surface area contributed by atoms with Gasteiger partial charge in [-0.1, -0.05) is 43.7 Å². The van der Waals surface area contributed by atoms with E-state index in [1.165, 1.54) is 5.56 Å². The molecule has 0 spiro atoms. The summed E-state index contributed by atoms with van der Waals surface area (Å²) in [7, 11) is 0. The lowest BCUT2D eigenvalue weighted by molar-refractivity contribution is 0.0287. The highest BCUT2D eigenvalue weighted by molar-refractivity contribution is 5.14. The van der Waals surface area contributed by atoms with Crippen molar-refractivity contribution < 1.29 is 9.84 Å². The van der Waals surface area contributed by atoms with Crippen LogP contribution in [-0.4, -0.2) is 66.9 Å². The van der Waals surface area contributed by atoms with Gasteiger partial charge in [0.1, 0.15) is 0 Å². The monoisotopic (exact) mass is 306 g/mol. The Morgan fingerprint density at radius 1 is 1.23 bits per heavy atom. The molecular formula is C18H30N2O2. The molecule has 1 unspecified atom stereocenters. The third kappa shape index (κ3) is 6.44. The maximum atomic E-state index is 10.2. The van der Waals surface area contributed by atoms with Gasteiger partial charge in [0.2, 0.25) is 0 Å². The summed E-state index contributed by atoms with van der Waals surface area (Å²) in [6, 6.07) is 10.5. The zero-order valence-corrected chi connectivity index (χ0v) is 13.8. The predicted molar refractivity (Wildman–Crippen MR) is 89.9 cm³/mol. The van der Waals surface area contributed by atoms with Gasteiger partial charge >= 0.3 is 0 Å². The highest BCUT2D eigenvalue weighted by Gasteiger charge is 2.15. The Kier molecular flexibility index (Phi) is 7.88. The molecule has 1 aromatic carbocycles. The zero-order chi connectivity index (χ0) is 15.6. The summed E-state index contributed by atoms with van der Waals surface area (Å²) in [5, 5.41) is 10.2. The number of morpholine rings is 1. The molecule has 0 amide bonds. The number of rotatable bonds is 9. The summed E-state index contributed by atoms with van der Waals surface area (Å²) in [5.74, 6) is 0. The van der Waals surface area contributed by atoms with Gasteiger partial charge in [-0.3, -0.25) is 9.80 Å². The standard InChI is InChI=1S/C18H30N2O2/c1-2-6-18(21)16-20(15-17-7-4-3-5-8-17)10-9-19-11-13-22-14-12-19/h3-5,7-8,18,21H,2,6,9-16H2,1H3. The number of nitrogens with zero attached hydrogens (tertiary/aromatic N) is 2. The average Bonchev–Trinajstić information content (AvgIpc) is 2.55. The Labute approximate surface area is 134 Å². The Morgan fingerprint density at radius 2 is 1.95 bits per heavy atom. The van der Waals surface area contributed by atoms with Crippen LogP contribution in [-0.2, 0) is 11.3 Å². The second-order valence-corrected chi connectivity index (χ2v) is 6.12. The first kappa shape index (κ1) is 17.4. The fourth-order valence-corrected chi connectivity index (χ4v) is 2.91. The lowest BCUT2D eigenvalue weighted by atomic mass is 10.1. The van der Waals surface area contributed by atoms with Crippen molar-refractivity contribution in [1.82, 2.24) is 9.80 Å². The summed E-state index contributed by atoms with van der Waals surface area (Å²) < 4.78 is 5.40. The van der Waals surface area contributed by atoms with Crippen LogP contribution < -0.4 is 0 Å². The van der Waals surface area contributed by atoms with Gasteiger partial charge in [0.25, 0.3) is 0 Å². The highest BCUT2D eigenvalue weighted by Crippen LogP contribution is 2.08. The van der Waals surface area contributed by atoms with E-state index >= 15 is 0 Å². The molecule has 1 aliphatic heterocycles. The first-order valence-corrected chi connectivity index (χ1v) is 8.52. The number of hydrogen-bond donors (Lipinski definition) is 1. The lowest BCUT2D eigenvalue weighted by Crippen LogP contribution is -2.42. The van der Waals surface area contributed by atoms with Crippen LogP contribution in [0.2, 0.25) is 0 Å². The maximum Gasteiger partial charge on any atom is 0.0667 e. The molecule has 1 heterocycles. The summed E-state index contributed by atoms with van der Waals surface area (Å²) in [6.45, 7) is 9.57. The molecular weight excluding hydrogens is 276 g/mol.